The van der Waals surface area contributed by atoms with Gasteiger partial charge < -0.3 is 40.3 Å². The molecule has 0 saturated carbocycles. The van der Waals surface area contributed by atoms with E-state index in [1.807, 2.05) is 6.08 Å². The first-order valence-corrected chi connectivity index (χ1v) is 27.0. The molecule has 13 nitrogen and oxygen atoms in total. The third-order valence-electron chi connectivity index (χ3n) is 12.4. The van der Waals surface area contributed by atoms with Crippen LogP contribution >= 0.6 is 0 Å². The van der Waals surface area contributed by atoms with Crippen molar-refractivity contribution in [1.29, 1.82) is 0 Å². The van der Waals surface area contributed by atoms with Crippen molar-refractivity contribution >= 4 is 16.3 Å². The summed E-state index contributed by atoms with van der Waals surface area (Å²) in [6.07, 6.45) is 32.8. The number of ether oxygens (including phenoxy) is 2. The molecule has 0 aromatic heterocycles. The lowest BCUT2D eigenvalue weighted by Gasteiger charge is -2.41. The summed E-state index contributed by atoms with van der Waals surface area (Å²) in [5.74, 6) is -0.698. The Bertz CT molecular complexity index is 1190. The van der Waals surface area contributed by atoms with E-state index in [0.717, 1.165) is 38.5 Å². The van der Waals surface area contributed by atoms with Crippen molar-refractivity contribution in [2.24, 2.45) is 0 Å². The Morgan fingerprint density at radius 1 is 0.635 bits per heavy atom. The molecule has 1 amide bonds. The van der Waals surface area contributed by atoms with E-state index in [1.165, 1.54) is 161 Å². The van der Waals surface area contributed by atoms with Gasteiger partial charge in [-0.3, -0.25) is 9.35 Å². The summed E-state index contributed by atoms with van der Waals surface area (Å²) in [6.45, 7) is 3.25. The molecule has 374 valence electrons. The van der Waals surface area contributed by atoms with E-state index in [2.05, 4.69) is 23.3 Å². The highest BCUT2D eigenvalue weighted by Gasteiger charge is 2.48. The van der Waals surface area contributed by atoms with Crippen LogP contribution in [-0.4, -0.2) is 107 Å². The first kappa shape index (κ1) is 59.8. The van der Waals surface area contributed by atoms with Gasteiger partial charge in [-0.2, -0.15) is 8.42 Å². The number of carbonyl (C=O) groups is 1. The van der Waals surface area contributed by atoms with Gasteiger partial charge in [-0.05, 0) is 19.3 Å². The van der Waals surface area contributed by atoms with Crippen LogP contribution in [0.5, 0.6) is 0 Å². The number of amides is 1. The Hall–Kier alpha value is -1.20. The maximum absolute atomic E-state index is 13.1. The zero-order valence-corrected chi connectivity index (χ0v) is 40.6. The normalized spacial score (nSPS) is 20.9. The van der Waals surface area contributed by atoms with Crippen LogP contribution < -0.4 is 5.32 Å². The van der Waals surface area contributed by atoms with Crippen LogP contribution in [0.4, 0.5) is 0 Å². The predicted molar refractivity (Wildman–Crippen MR) is 252 cm³/mol. The summed E-state index contributed by atoms with van der Waals surface area (Å²) in [7, 11) is -5.12. The summed E-state index contributed by atoms with van der Waals surface area (Å²) in [6, 6.07) is -1.11. The van der Waals surface area contributed by atoms with Crippen molar-refractivity contribution in [2.75, 3.05) is 13.2 Å². The third-order valence-corrected chi connectivity index (χ3v) is 12.9. The fourth-order valence-corrected chi connectivity index (χ4v) is 8.85. The van der Waals surface area contributed by atoms with Crippen LogP contribution in [0.2, 0.25) is 0 Å². The van der Waals surface area contributed by atoms with Crippen molar-refractivity contribution in [3.63, 3.8) is 0 Å². The van der Waals surface area contributed by atoms with Crippen LogP contribution in [-0.2, 0) is 28.9 Å². The zero-order chi connectivity index (χ0) is 46.4. The molecule has 1 heterocycles. The Kier molecular flexibility index (Phi) is 37.9. The molecule has 1 aliphatic heterocycles. The number of allylic oxidation sites excluding steroid dienone is 1. The predicted octanol–water partition coefficient (Wildman–Crippen LogP) is 9.70. The number of rotatable bonds is 44. The molecule has 0 bridgehead atoms. The van der Waals surface area contributed by atoms with E-state index in [0.29, 0.717) is 12.8 Å². The summed E-state index contributed by atoms with van der Waals surface area (Å²) in [5, 5.41) is 55.3. The maximum Gasteiger partial charge on any atom is 0.397 e. The molecule has 1 aliphatic rings. The minimum Gasteiger partial charge on any atom is -0.394 e. The second-order valence-corrected chi connectivity index (χ2v) is 19.3. The van der Waals surface area contributed by atoms with E-state index < -0.39 is 78.5 Å². The SMILES string of the molecule is CCCCCCCCCCCCCCCCCCC/C=C/C(O)C(COC1OC(CO)C(O)C(OS(=O)(=O)O)C1O)NC(=O)C(O)CCCCCCCCCCCCCCCCC. The standard InChI is InChI=1S/C49H95NO12S/c1-3-5-7-9-11-13-15-17-19-20-21-22-24-25-27-29-31-33-35-37-42(52)41(40-60-49-46(55)47(62-63(57,58)59)45(54)44(39-51)61-49)50-48(56)43(53)38-36-34-32-30-28-26-23-18-16-14-12-10-8-6-4-2/h35,37,41-47,49,51-55H,3-34,36,38-40H2,1-2H3,(H,50,56)(H,57,58,59)/b37-35+. The average Bonchev–Trinajstić information content (AvgIpc) is 3.25. The van der Waals surface area contributed by atoms with Crippen LogP contribution in [0.1, 0.15) is 232 Å². The van der Waals surface area contributed by atoms with Gasteiger partial charge >= 0.3 is 10.4 Å². The van der Waals surface area contributed by atoms with Crippen LogP contribution in [0.3, 0.4) is 0 Å². The van der Waals surface area contributed by atoms with Gasteiger partial charge in [0.15, 0.2) is 6.29 Å². The minimum absolute atomic E-state index is 0.248. The molecule has 63 heavy (non-hydrogen) atoms. The van der Waals surface area contributed by atoms with Gasteiger partial charge in [-0.15, -0.1) is 0 Å². The van der Waals surface area contributed by atoms with E-state index >= 15 is 0 Å². The molecule has 8 unspecified atom stereocenters. The van der Waals surface area contributed by atoms with Gasteiger partial charge in [0.1, 0.15) is 30.5 Å². The Morgan fingerprint density at radius 2 is 1.03 bits per heavy atom. The summed E-state index contributed by atoms with van der Waals surface area (Å²) < 4.78 is 47.6. The monoisotopic (exact) mass is 922 g/mol. The molecule has 0 aromatic carbocycles. The molecule has 0 radical (unpaired) electrons. The molecule has 8 atom stereocenters. The molecule has 0 aliphatic carbocycles. The first-order chi connectivity index (χ1) is 30.4. The Balaban J connectivity index is 2.52. The lowest BCUT2D eigenvalue weighted by atomic mass is 9.99. The van der Waals surface area contributed by atoms with Crippen LogP contribution in [0.15, 0.2) is 12.2 Å². The number of hydrogen-bond donors (Lipinski definition) is 7. The lowest BCUT2D eigenvalue weighted by Crippen LogP contribution is -2.61. The maximum atomic E-state index is 13.1. The fourth-order valence-electron chi connectivity index (χ4n) is 8.34. The molecular weight excluding hydrogens is 827 g/mol. The summed E-state index contributed by atoms with van der Waals surface area (Å²) in [4.78, 5) is 13.1. The van der Waals surface area contributed by atoms with Gasteiger partial charge in [0.2, 0.25) is 5.91 Å². The van der Waals surface area contributed by atoms with Crippen LogP contribution in [0.25, 0.3) is 0 Å². The quantitative estimate of drug-likeness (QED) is 0.0173. The van der Waals surface area contributed by atoms with E-state index in [4.69, 9.17) is 9.47 Å². The second kappa shape index (κ2) is 39.9. The van der Waals surface area contributed by atoms with Crippen molar-refractivity contribution < 1.29 is 57.0 Å². The fraction of sp³-hybridized carbons (Fsp3) is 0.939. The first-order valence-electron chi connectivity index (χ1n) is 25.7. The smallest absolute Gasteiger partial charge is 0.394 e. The van der Waals surface area contributed by atoms with Gasteiger partial charge in [0, 0.05) is 0 Å². The van der Waals surface area contributed by atoms with E-state index in [-0.39, 0.29) is 6.42 Å². The minimum atomic E-state index is -5.12. The van der Waals surface area contributed by atoms with Crippen LogP contribution in [0, 0.1) is 0 Å². The largest absolute Gasteiger partial charge is 0.397 e. The van der Waals surface area contributed by atoms with Gasteiger partial charge in [0.25, 0.3) is 0 Å². The number of nitrogens with one attached hydrogen (secondary N) is 1. The molecule has 1 saturated heterocycles. The van der Waals surface area contributed by atoms with Gasteiger partial charge in [-0.25, -0.2) is 4.18 Å². The number of hydrogen-bond acceptors (Lipinski definition) is 11. The zero-order valence-electron chi connectivity index (χ0n) is 39.8. The number of carbonyl (C=O) groups excluding carboxylic acids is 1. The second-order valence-electron chi connectivity index (χ2n) is 18.3. The molecule has 7 N–H and O–H groups in total. The number of unbranched alkanes of at least 4 members (excludes halogenated alkanes) is 31. The molecule has 0 spiro atoms. The van der Waals surface area contributed by atoms with Crippen molar-refractivity contribution in [3.8, 4) is 0 Å². The summed E-state index contributed by atoms with van der Waals surface area (Å²) in [5.41, 5.74) is 0. The van der Waals surface area contributed by atoms with E-state index in [9.17, 15) is 43.3 Å². The highest BCUT2D eigenvalue weighted by Crippen LogP contribution is 2.26. The molecule has 1 fully saturated rings. The van der Waals surface area contributed by atoms with Gasteiger partial charge in [-0.1, -0.05) is 225 Å². The Labute approximate surface area is 383 Å². The average molecular weight is 922 g/mol. The highest BCUT2D eigenvalue weighted by molar-refractivity contribution is 7.80. The topological polar surface area (TPSA) is 212 Å². The van der Waals surface area contributed by atoms with Crippen molar-refractivity contribution in [1.82, 2.24) is 5.32 Å². The number of aliphatic hydroxyl groups excluding tert-OH is 5. The molecule has 0 aromatic rings. The van der Waals surface area contributed by atoms with E-state index in [1.54, 1.807) is 6.08 Å². The molecule has 1 rings (SSSR count). The third kappa shape index (κ3) is 32.2. The highest BCUT2D eigenvalue weighted by atomic mass is 32.3. The van der Waals surface area contributed by atoms with Gasteiger partial charge in [0.05, 0.1) is 25.4 Å². The Morgan fingerprint density at radius 3 is 1.43 bits per heavy atom. The van der Waals surface area contributed by atoms with Crippen molar-refractivity contribution in [3.05, 3.63) is 12.2 Å². The molecule has 14 heteroatoms. The van der Waals surface area contributed by atoms with Crippen molar-refractivity contribution in [2.45, 2.75) is 281 Å². The lowest BCUT2D eigenvalue weighted by molar-refractivity contribution is -0.298. The number of aliphatic hydroxyl groups is 5. The summed E-state index contributed by atoms with van der Waals surface area (Å²) >= 11 is 0. The molecular formula is C49H95NO12S.